The highest BCUT2D eigenvalue weighted by molar-refractivity contribution is 6.05. The quantitative estimate of drug-likeness (QED) is 0.399. The Hall–Kier alpha value is -4.28. The average Bonchev–Trinajstić information content (AvgIpc) is 2.81. The van der Waals surface area contributed by atoms with E-state index in [1.807, 2.05) is 5.32 Å². The Labute approximate surface area is 193 Å². The molecule has 2 aromatic carbocycles. The van der Waals surface area contributed by atoms with Gasteiger partial charge in [-0.15, -0.1) is 0 Å². The molecule has 3 amide bonds. The molecule has 0 spiro atoms. The highest BCUT2D eigenvalue weighted by Gasteiger charge is 2.18. The summed E-state index contributed by atoms with van der Waals surface area (Å²) in [5, 5.41) is 4.38. The first-order valence-corrected chi connectivity index (χ1v) is 9.86. The number of methoxy groups -OCH3 is 1. The van der Waals surface area contributed by atoms with Crippen LogP contribution in [0.4, 0.5) is 8.78 Å². The van der Waals surface area contributed by atoms with Crippen LogP contribution in [-0.2, 0) is 19.1 Å². The highest BCUT2D eigenvalue weighted by atomic mass is 19.3. The van der Waals surface area contributed by atoms with Gasteiger partial charge in [-0.2, -0.15) is 8.78 Å². The van der Waals surface area contributed by atoms with Gasteiger partial charge in [0.1, 0.15) is 17.5 Å². The molecule has 0 saturated carbocycles. The van der Waals surface area contributed by atoms with Crippen molar-refractivity contribution >= 4 is 29.8 Å². The van der Waals surface area contributed by atoms with Crippen molar-refractivity contribution in [2.75, 3.05) is 13.7 Å². The van der Waals surface area contributed by atoms with Gasteiger partial charge in [0.05, 0.1) is 7.11 Å². The summed E-state index contributed by atoms with van der Waals surface area (Å²) in [5.41, 5.74) is 0.745. The molecule has 34 heavy (non-hydrogen) atoms. The lowest BCUT2D eigenvalue weighted by atomic mass is 10.2. The van der Waals surface area contributed by atoms with Crippen molar-refractivity contribution in [2.24, 2.45) is 0 Å². The molecular formula is C23H22F2N2O7. The molecule has 0 radical (unpaired) electrons. The lowest BCUT2D eigenvalue weighted by Crippen LogP contribution is -2.41. The summed E-state index contributed by atoms with van der Waals surface area (Å²) in [7, 11) is 1.54. The average molecular weight is 476 g/mol. The van der Waals surface area contributed by atoms with Crippen molar-refractivity contribution in [1.29, 1.82) is 0 Å². The van der Waals surface area contributed by atoms with Gasteiger partial charge in [-0.05, 0) is 55.0 Å². The first-order chi connectivity index (χ1) is 16.2. The van der Waals surface area contributed by atoms with E-state index < -0.39 is 43.0 Å². The number of imide groups is 1. The van der Waals surface area contributed by atoms with Crippen LogP contribution >= 0.6 is 0 Å². The predicted molar refractivity (Wildman–Crippen MR) is 116 cm³/mol. The summed E-state index contributed by atoms with van der Waals surface area (Å²) >= 11 is 0. The van der Waals surface area contributed by atoms with Crippen LogP contribution < -0.4 is 20.1 Å². The molecule has 2 aromatic rings. The Morgan fingerprint density at radius 1 is 0.971 bits per heavy atom. The number of halogens is 2. The van der Waals surface area contributed by atoms with Crippen molar-refractivity contribution in [3.05, 3.63) is 65.7 Å². The third-order valence-electron chi connectivity index (χ3n) is 4.20. The number of alkyl halides is 2. The zero-order chi connectivity index (χ0) is 25.1. The largest absolute Gasteiger partial charge is 0.497 e. The summed E-state index contributed by atoms with van der Waals surface area (Å²) in [5.74, 6) is -2.66. The summed E-state index contributed by atoms with van der Waals surface area (Å²) in [4.78, 5) is 47.8. The van der Waals surface area contributed by atoms with Gasteiger partial charge < -0.3 is 19.5 Å². The Bertz CT molecular complexity index is 1040. The number of carbonyl (C=O) groups excluding carboxylic acids is 4. The topological polar surface area (TPSA) is 120 Å². The highest BCUT2D eigenvalue weighted by Crippen LogP contribution is 2.15. The first-order valence-electron chi connectivity index (χ1n) is 9.86. The second kappa shape index (κ2) is 12.7. The second-order valence-electron chi connectivity index (χ2n) is 6.72. The zero-order valence-corrected chi connectivity index (χ0v) is 18.2. The lowest BCUT2D eigenvalue weighted by molar-refractivity contribution is -0.150. The monoisotopic (exact) mass is 476 g/mol. The van der Waals surface area contributed by atoms with Gasteiger partial charge in [0.2, 0.25) is 5.91 Å². The van der Waals surface area contributed by atoms with Crippen LogP contribution in [0.15, 0.2) is 54.6 Å². The van der Waals surface area contributed by atoms with E-state index in [1.165, 1.54) is 38.3 Å². The standard InChI is InChI=1S/C23H22F2N2O7/c1-14(26-19(28)12-5-15-3-8-17(32-2)9-4-15)22(31)33-13-20(29)27-21(30)16-6-10-18(11-7-16)34-23(24)25/h3-12,14,23H,13H2,1-2H3,(H,26,28)(H,27,29,30)/b12-5+/t14-/m0/s1. The van der Waals surface area contributed by atoms with Gasteiger partial charge in [-0.25, -0.2) is 4.79 Å². The summed E-state index contributed by atoms with van der Waals surface area (Å²) in [6.45, 7) is -2.40. The van der Waals surface area contributed by atoms with Gasteiger partial charge in [0.25, 0.3) is 11.8 Å². The molecule has 0 saturated heterocycles. The molecule has 9 nitrogen and oxygen atoms in total. The number of carbonyl (C=O) groups is 4. The van der Waals surface area contributed by atoms with Crippen LogP contribution in [0.25, 0.3) is 6.08 Å². The summed E-state index contributed by atoms with van der Waals surface area (Å²) in [6, 6.07) is 10.5. The van der Waals surface area contributed by atoms with Crippen molar-refractivity contribution in [2.45, 2.75) is 19.6 Å². The van der Waals surface area contributed by atoms with Crippen LogP contribution in [0.1, 0.15) is 22.8 Å². The van der Waals surface area contributed by atoms with E-state index in [0.29, 0.717) is 5.75 Å². The maximum absolute atomic E-state index is 12.1. The van der Waals surface area contributed by atoms with E-state index in [2.05, 4.69) is 10.1 Å². The number of rotatable bonds is 10. The smallest absolute Gasteiger partial charge is 0.387 e. The molecule has 0 fully saturated rings. The number of hydrogen-bond acceptors (Lipinski definition) is 7. The molecule has 180 valence electrons. The fourth-order valence-corrected chi connectivity index (χ4v) is 2.49. The zero-order valence-electron chi connectivity index (χ0n) is 18.2. The number of esters is 1. The van der Waals surface area contributed by atoms with Crippen LogP contribution in [0.3, 0.4) is 0 Å². The molecule has 11 heteroatoms. The maximum atomic E-state index is 12.1. The maximum Gasteiger partial charge on any atom is 0.387 e. The fourth-order valence-electron chi connectivity index (χ4n) is 2.49. The predicted octanol–water partition coefficient (Wildman–Crippen LogP) is 2.31. The fraction of sp³-hybridized carbons (Fsp3) is 0.217. The lowest BCUT2D eigenvalue weighted by Gasteiger charge is -2.12. The van der Waals surface area contributed by atoms with Crippen LogP contribution in [-0.4, -0.2) is 50.1 Å². The number of nitrogens with one attached hydrogen (secondary N) is 2. The van der Waals surface area contributed by atoms with Crippen LogP contribution in [0.2, 0.25) is 0 Å². The third kappa shape index (κ3) is 8.69. The summed E-state index contributed by atoms with van der Waals surface area (Å²) < 4.78 is 38.3. The van der Waals surface area contributed by atoms with Crippen LogP contribution in [0.5, 0.6) is 11.5 Å². The van der Waals surface area contributed by atoms with E-state index in [0.717, 1.165) is 17.7 Å². The number of amides is 3. The van der Waals surface area contributed by atoms with Gasteiger partial charge in [0.15, 0.2) is 6.61 Å². The van der Waals surface area contributed by atoms with Crippen molar-refractivity contribution < 1.29 is 42.2 Å². The number of ether oxygens (including phenoxy) is 3. The number of hydrogen-bond donors (Lipinski definition) is 2. The molecule has 0 aliphatic rings. The van der Waals surface area contributed by atoms with Crippen LogP contribution in [0, 0.1) is 0 Å². The molecule has 0 aromatic heterocycles. The minimum Gasteiger partial charge on any atom is -0.497 e. The molecule has 2 N–H and O–H groups in total. The van der Waals surface area contributed by atoms with Gasteiger partial charge >= 0.3 is 12.6 Å². The molecular weight excluding hydrogens is 454 g/mol. The molecule has 2 rings (SSSR count). The Kier molecular flexibility index (Phi) is 9.69. The molecule has 0 unspecified atom stereocenters. The van der Waals surface area contributed by atoms with E-state index in [9.17, 15) is 28.0 Å². The van der Waals surface area contributed by atoms with Crippen molar-refractivity contribution in [3.63, 3.8) is 0 Å². The minimum atomic E-state index is -3.01. The van der Waals surface area contributed by atoms with Gasteiger partial charge in [-0.3, -0.25) is 19.7 Å². The summed E-state index contributed by atoms with van der Waals surface area (Å²) in [6.07, 6.45) is 2.77. The normalized spacial score (nSPS) is 11.6. The van der Waals surface area contributed by atoms with E-state index in [-0.39, 0.29) is 11.3 Å². The first kappa shape index (κ1) is 26.0. The van der Waals surface area contributed by atoms with Crippen molar-refractivity contribution in [3.8, 4) is 11.5 Å². The molecule has 1 atom stereocenters. The SMILES string of the molecule is COc1ccc(/C=C/C(=O)N[C@@H](C)C(=O)OCC(=O)NC(=O)c2ccc(OC(F)F)cc2)cc1. The minimum absolute atomic E-state index is 0.00516. The van der Waals surface area contributed by atoms with Gasteiger partial charge in [-0.1, -0.05) is 12.1 Å². The molecule has 0 heterocycles. The molecule has 0 aliphatic heterocycles. The number of benzene rings is 2. The Balaban J connectivity index is 1.75. The van der Waals surface area contributed by atoms with E-state index in [1.54, 1.807) is 24.3 Å². The van der Waals surface area contributed by atoms with E-state index in [4.69, 9.17) is 9.47 Å². The van der Waals surface area contributed by atoms with Crippen molar-refractivity contribution in [1.82, 2.24) is 10.6 Å². The molecule has 0 bridgehead atoms. The Morgan fingerprint density at radius 2 is 1.59 bits per heavy atom. The second-order valence-corrected chi connectivity index (χ2v) is 6.72. The third-order valence-corrected chi connectivity index (χ3v) is 4.20. The Morgan fingerprint density at radius 3 is 2.18 bits per heavy atom. The molecule has 0 aliphatic carbocycles. The van der Waals surface area contributed by atoms with Gasteiger partial charge in [0, 0.05) is 11.6 Å². The van der Waals surface area contributed by atoms with E-state index >= 15 is 0 Å².